The van der Waals surface area contributed by atoms with E-state index in [1.165, 1.54) is 12.7 Å². The fraction of sp³-hybridized carbons (Fsp3) is 0.308. The molecule has 0 radical (unpaired) electrons. The maximum Gasteiger partial charge on any atom is 0.324 e. The van der Waals surface area contributed by atoms with Crippen LogP contribution >= 0.6 is 0 Å². The number of hydrogen-bond acceptors (Lipinski definition) is 6. The number of hydrogen-bond donors (Lipinski definition) is 2. The minimum Gasteiger partial charge on any atom is -0.480 e. The molecule has 0 spiro atoms. The summed E-state index contributed by atoms with van der Waals surface area (Å²) in [5, 5.41) is 9.39. The Kier molecular flexibility index (Phi) is 2.90. The molecule has 2 aromatic heterocycles. The number of carboxylic acids is 1. The van der Waals surface area contributed by atoms with E-state index in [-0.39, 0.29) is 5.92 Å². The molecule has 0 amide bonds. The normalized spacial score (nSPS) is 28.6. The van der Waals surface area contributed by atoms with E-state index in [1.54, 1.807) is 24.5 Å². The molecule has 0 bridgehead atoms. The predicted octanol–water partition coefficient (Wildman–Crippen LogP) is 0.320. The molecule has 1 aliphatic rings. The second kappa shape index (κ2) is 4.61. The van der Waals surface area contributed by atoms with Crippen LogP contribution in [0.3, 0.4) is 0 Å². The van der Waals surface area contributed by atoms with Crippen molar-refractivity contribution in [3.05, 3.63) is 48.6 Å². The first kappa shape index (κ1) is 12.6. The Morgan fingerprint density at radius 2 is 1.80 bits per heavy atom. The average Bonchev–Trinajstić information content (AvgIpc) is 2.46. The maximum absolute atomic E-state index is 11.5. The quantitative estimate of drug-likeness (QED) is 0.825. The van der Waals surface area contributed by atoms with Gasteiger partial charge in [-0.2, -0.15) is 0 Å². The van der Waals surface area contributed by atoms with Crippen molar-refractivity contribution in [2.75, 3.05) is 0 Å². The lowest BCUT2D eigenvalue weighted by Gasteiger charge is -2.49. The van der Waals surface area contributed by atoms with Crippen LogP contribution in [0.1, 0.15) is 29.6 Å². The summed E-state index contributed by atoms with van der Waals surface area (Å²) >= 11 is 0. The zero-order valence-corrected chi connectivity index (χ0v) is 10.5. The van der Waals surface area contributed by atoms with Crippen molar-refractivity contribution in [1.29, 1.82) is 0 Å². The third kappa shape index (κ3) is 1.83. The van der Waals surface area contributed by atoms with Crippen LogP contribution in [0.2, 0.25) is 0 Å². The summed E-state index contributed by atoms with van der Waals surface area (Å²) in [6.45, 7) is 0. The highest BCUT2D eigenvalue weighted by molar-refractivity contribution is 5.82. The van der Waals surface area contributed by atoms with E-state index >= 15 is 0 Å². The zero-order chi connectivity index (χ0) is 14.2. The molecular formula is C13H13N5O2. The van der Waals surface area contributed by atoms with E-state index in [9.17, 15) is 9.90 Å². The van der Waals surface area contributed by atoms with Gasteiger partial charge in [-0.3, -0.25) is 4.79 Å². The van der Waals surface area contributed by atoms with Gasteiger partial charge in [-0.25, -0.2) is 19.9 Å². The van der Waals surface area contributed by atoms with Crippen LogP contribution in [0.25, 0.3) is 0 Å². The Bertz CT molecular complexity index is 621. The Hall–Kier alpha value is -2.41. The number of nitrogens with zero attached hydrogens (tertiary/aromatic N) is 4. The summed E-state index contributed by atoms with van der Waals surface area (Å²) in [4.78, 5) is 27.5. The van der Waals surface area contributed by atoms with E-state index in [1.807, 2.05) is 0 Å². The molecule has 7 heteroatoms. The number of aromatic nitrogens is 4. The summed E-state index contributed by atoms with van der Waals surface area (Å²) in [7, 11) is 0. The number of carboxylic acid groups (broad SMARTS) is 1. The van der Waals surface area contributed by atoms with E-state index in [2.05, 4.69) is 19.9 Å². The van der Waals surface area contributed by atoms with Gasteiger partial charge in [0.05, 0.1) is 0 Å². The van der Waals surface area contributed by atoms with E-state index in [0.29, 0.717) is 12.1 Å². The van der Waals surface area contributed by atoms with Crippen LogP contribution in [0, 0.1) is 0 Å². The monoisotopic (exact) mass is 271 g/mol. The van der Waals surface area contributed by atoms with Crippen molar-refractivity contribution in [2.24, 2.45) is 5.73 Å². The van der Waals surface area contributed by atoms with Crippen molar-refractivity contribution in [3.63, 3.8) is 0 Å². The van der Waals surface area contributed by atoms with Crippen LogP contribution in [-0.2, 0) is 4.79 Å². The number of aliphatic carboxylic acids is 1. The third-order valence-corrected chi connectivity index (χ3v) is 3.82. The lowest BCUT2D eigenvalue weighted by molar-refractivity contribution is -0.149. The Balaban J connectivity index is 2.00. The van der Waals surface area contributed by atoms with Gasteiger partial charge in [0, 0.05) is 35.6 Å². The molecule has 3 N–H and O–H groups in total. The highest BCUT2D eigenvalue weighted by Gasteiger charge is 2.58. The molecule has 3 atom stereocenters. The van der Waals surface area contributed by atoms with Gasteiger partial charge in [-0.15, -0.1) is 0 Å². The minimum absolute atomic E-state index is 0.0750. The van der Waals surface area contributed by atoms with Crippen LogP contribution < -0.4 is 5.73 Å². The predicted molar refractivity (Wildman–Crippen MR) is 68.7 cm³/mol. The molecular weight excluding hydrogens is 258 g/mol. The molecule has 1 fully saturated rings. The van der Waals surface area contributed by atoms with Gasteiger partial charge in [0.1, 0.15) is 18.2 Å². The fourth-order valence-corrected chi connectivity index (χ4v) is 2.78. The molecule has 7 nitrogen and oxygen atoms in total. The second-order valence-electron chi connectivity index (χ2n) is 4.90. The Morgan fingerprint density at radius 1 is 1.20 bits per heavy atom. The highest BCUT2D eigenvalue weighted by atomic mass is 16.4. The molecule has 0 aromatic carbocycles. The van der Waals surface area contributed by atoms with Gasteiger partial charge in [0.25, 0.3) is 0 Å². The van der Waals surface area contributed by atoms with Crippen molar-refractivity contribution >= 4 is 5.97 Å². The van der Waals surface area contributed by atoms with E-state index in [4.69, 9.17) is 5.73 Å². The van der Waals surface area contributed by atoms with Gasteiger partial charge >= 0.3 is 5.97 Å². The first-order chi connectivity index (χ1) is 9.63. The standard InChI is InChI=1S/C13H13N5O2/c14-13(12(19)20)5-8(9-1-3-15-6-17-9)11(13)10-2-4-16-7-18-10/h1-4,6-8,11H,5,14H2,(H,19,20). The topological polar surface area (TPSA) is 115 Å². The summed E-state index contributed by atoms with van der Waals surface area (Å²) < 4.78 is 0. The smallest absolute Gasteiger partial charge is 0.324 e. The lowest BCUT2D eigenvalue weighted by atomic mass is 9.57. The Labute approximate surface area is 114 Å². The van der Waals surface area contributed by atoms with Crippen molar-refractivity contribution in [2.45, 2.75) is 23.8 Å². The average molecular weight is 271 g/mol. The number of nitrogens with two attached hydrogens (primary N) is 1. The SMILES string of the molecule is NC1(C(=O)O)CC(c2ccncn2)C1c1ccncn1. The molecule has 2 aromatic rings. The third-order valence-electron chi connectivity index (χ3n) is 3.82. The molecule has 3 unspecified atom stereocenters. The van der Waals surface area contributed by atoms with E-state index < -0.39 is 17.4 Å². The van der Waals surface area contributed by atoms with Gasteiger partial charge in [0.2, 0.25) is 0 Å². The van der Waals surface area contributed by atoms with Gasteiger partial charge in [0.15, 0.2) is 0 Å². The first-order valence-electron chi connectivity index (χ1n) is 6.17. The van der Waals surface area contributed by atoms with Crippen molar-refractivity contribution < 1.29 is 9.90 Å². The van der Waals surface area contributed by atoms with Crippen molar-refractivity contribution in [1.82, 2.24) is 19.9 Å². The number of rotatable bonds is 3. The molecule has 20 heavy (non-hydrogen) atoms. The molecule has 1 aliphatic carbocycles. The lowest BCUT2D eigenvalue weighted by Crippen LogP contribution is -2.63. The summed E-state index contributed by atoms with van der Waals surface area (Å²) in [5.41, 5.74) is 6.14. The molecule has 3 rings (SSSR count). The fourth-order valence-electron chi connectivity index (χ4n) is 2.78. The molecule has 1 saturated carbocycles. The molecule has 0 saturated heterocycles. The molecule has 102 valence electrons. The van der Waals surface area contributed by atoms with Gasteiger partial charge in [-0.05, 0) is 18.6 Å². The molecule has 0 aliphatic heterocycles. The largest absolute Gasteiger partial charge is 0.480 e. The first-order valence-corrected chi connectivity index (χ1v) is 6.17. The number of carbonyl (C=O) groups is 1. The minimum atomic E-state index is -1.32. The highest BCUT2D eigenvalue weighted by Crippen LogP contribution is 2.53. The van der Waals surface area contributed by atoms with Crippen LogP contribution in [-0.4, -0.2) is 36.6 Å². The summed E-state index contributed by atoms with van der Waals surface area (Å²) in [5.74, 6) is -1.52. The molecule has 2 heterocycles. The van der Waals surface area contributed by atoms with E-state index in [0.717, 1.165) is 5.69 Å². The maximum atomic E-state index is 11.5. The summed E-state index contributed by atoms with van der Waals surface area (Å²) in [6.07, 6.45) is 6.39. The Morgan fingerprint density at radius 3 is 2.30 bits per heavy atom. The van der Waals surface area contributed by atoms with Gasteiger partial charge < -0.3 is 10.8 Å². The zero-order valence-electron chi connectivity index (χ0n) is 10.5. The van der Waals surface area contributed by atoms with Crippen molar-refractivity contribution in [3.8, 4) is 0 Å². The second-order valence-corrected chi connectivity index (χ2v) is 4.90. The van der Waals surface area contributed by atoms with Crippen LogP contribution in [0.5, 0.6) is 0 Å². The van der Waals surface area contributed by atoms with Gasteiger partial charge in [-0.1, -0.05) is 0 Å². The summed E-state index contributed by atoms with van der Waals surface area (Å²) in [6, 6.07) is 3.48. The van der Waals surface area contributed by atoms with Crippen LogP contribution in [0.4, 0.5) is 0 Å². The van der Waals surface area contributed by atoms with Crippen LogP contribution in [0.15, 0.2) is 37.2 Å².